The number of ether oxygens (including phenoxy) is 1. The van der Waals surface area contributed by atoms with Crippen LogP contribution in [0.4, 0.5) is 0 Å². The van der Waals surface area contributed by atoms with E-state index in [1.54, 1.807) is 12.1 Å². The maximum absolute atomic E-state index is 11.7. The van der Waals surface area contributed by atoms with E-state index in [1.807, 2.05) is 38.3 Å². The van der Waals surface area contributed by atoms with Gasteiger partial charge in [0.2, 0.25) is 0 Å². The average molecular weight is 300 g/mol. The van der Waals surface area contributed by atoms with Gasteiger partial charge in [-0.05, 0) is 32.9 Å². The van der Waals surface area contributed by atoms with E-state index in [9.17, 15) is 4.79 Å². The molecule has 0 N–H and O–H groups in total. The molecule has 0 amide bonds. The molecule has 2 rings (SSSR count). The summed E-state index contributed by atoms with van der Waals surface area (Å²) in [5.74, 6) is -0.238. The molecule has 0 bridgehead atoms. The van der Waals surface area contributed by atoms with Gasteiger partial charge in [0.25, 0.3) is 0 Å². The van der Waals surface area contributed by atoms with Gasteiger partial charge in [-0.1, -0.05) is 12.1 Å². The van der Waals surface area contributed by atoms with Crippen molar-refractivity contribution in [3.63, 3.8) is 0 Å². The van der Waals surface area contributed by atoms with Crippen LogP contribution in [0, 0.1) is 16.7 Å². The quantitative estimate of drug-likeness (QED) is 0.809. The summed E-state index contributed by atoms with van der Waals surface area (Å²) in [6, 6.07) is 9.32. The van der Waals surface area contributed by atoms with Crippen LogP contribution >= 0.6 is 11.3 Å². The molecular formula is C16H16N2O2S. The van der Waals surface area contributed by atoms with E-state index in [4.69, 9.17) is 10.00 Å². The number of hydrogen-bond donors (Lipinski definition) is 0. The summed E-state index contributed by atoms with van der Waals surface area (Å²) >= 11 is 1.45. The second-order valence-electron chi connectivity index (χ2n) is 5.64. The molecule has 0 saturated carbocycles. The number of rotatable bonds is 3. The molecular weight excluding hydrogens is 284 g/mol. The normalized spacial score (nSPS) is 11.0. The van der Waals surface area contributed by atoms with Crippen LogP contribution in [-0.2, 0) is 16.1 Å². The molecule has 0 spiro atoms. The Kier molecular flexibility index (Phi) is 4.39. The van der Waals surface area contributed by atoms with Crippen LogP contribution in [0.2, 0.25) is 0 Å². The molecule has 4 nitrogen and oxygen atoms in total. The minimum Gasteiger partial charge on any atom is -0.458 e. The van der Waals surface area contributed by atoms with Crippen molar-refractivity contribution in [1.29, 1.82) is 5.26 Å². The fraction of sp³-hybridized carbons (Fsp3) is 0.312. The number of thiazole rings is 1. The van der Waals surface area contributed by atoms with Crippen LogP contribution in [0.15, 0.2) is 29.6 Å². The van der Waals surface area contributed by atoms with Gasteiger partial charge in [0.05, 0.1) is 22.7 Å². The van der Waals surface area contributed by atoms with Crippen molar-refractivity contribution in [1.82, 2.24) is 4.98 Å². The molecule has 0 saturated heterocycles. The number of carbonyl (C=O) groups is 1. The van der Waals surface area contributed by atoms with Crippen LogP contribution in [0.25, 0.3) is 11.3 Å². The number of aromatic nitrogens is 1. The van der Waals surface area contributed by atoms with Gasteiger partial charge < -0.3 is 4.74 Å². The van der Waals surface area contributed by atoms with Crippen molar-refractivity contribution < 1.29 is 9.53 Å². The highest BCUT2D eigenvalue weighted by Gasteiger charge is 2.23. The molecule has 0 atom stereocenters. The maximum atomic E-state index is 11.7. The number of benzene rings is 1. The lowest BCUT2D eigenvalue weighted by Gasteiger charge is -2.15. The standard InChI is InChI=1S/C16H16N2O2S/c1-16(2,3)15(19)20-9-14-18-13(10-21-14)12-6-4-11(8-17)5-7-12/h4-7,10H,9H2,1-3H3. The Morgan fingerprint density at radius 2 is 2.00 bits per heavy atom. The van der Waals surface area contributed by atoms with Gasteiger partial charge in [-0.15, -0.1) is 11.3 Å². The third-order valence-electron chi connectivity index (χ3n) is 2.80. The van der Waals surface area contributed by atoms with Crippen LogP contribution in [0.5, 0.6) is 0 Å². The molecule has 21 heavy (non-hydrogen) atoms. The van der Waals surface area contributed by atoms with Crippen LogP contribution in [0.3, 0.4) is 0 Å². The molecule has 1 aromatic heterocycles. The molecule has 5 heteroatoms. The lowest BCUT2D eigenvalue weighted by Crippen LogP contribution is -2.22. The molecule has 1 aromatic carbocycles. The highest BCUT2D eigenvalue weighted by molar-refractivity contribution is 7.09. The summed E-state index contributed by atoms with van der Waals surface area (Å²) in [6.07, 6.45) is 0. The van der Waals surface area contributed by atoms with E-state index in [0.717, 1.165) is 16.3 Å². The van der Waals surface area contributed by atoms with Gasteiger partial charge in [0.15, 0.2) is 0 Å². The van der Waals surface area contributed by atoms with Crippen LogP contribution in [-0.4, -0.2) is 11.0 Å². The zero-order valence-electron chi connectivity index (χ0n) is 12.2. The fourth-order valence-electron chi connectivity index (χ4n) is 1.57. The fourth-order valence-corrected chi connectivity index (χ4v) is 2.28. The number of nitrogens with zero attached hydrogens (tertiary/aromatic N) is 2. The lowest BCUT2D eigenvalue weighted by atomic mass is 9.97. The lowest BCUT2D eigenvalue weighted by molar-refractivity contribution is -0.154. The molecule has 0 aliphatic carbocycles. The molecule has 0 aliphatic heterocycles. The Morgan fingerprint density at radius 3 is 2.57 bits per heavy atom. The second kappa shape index (κ2) is 6.06. The molecule has 0 radical (unpaired) electrons. The smallest absolute Gasteiger partial charge is 0.311 e. The van der Waals surface area contributed by atoms with E-state index < -0.39 is 5.41 Å². The van der Waals surface area contributed by atoms with Gasteiger partial charge in [0, 0.05) is 10.9 Å². The summed E-state index contributed by atoms with van der Waals surface area (Å²) in [6.45, 7) is 5.65. The van der Waals surface area contributed by atoms with E-state index in [1.165, 1.54) is 11.3 Å². The number of esters is 1. The Balaban J connectivity index is 2.04. The van der Waals surface area contributed by atoms with Gasteiger partial charge in [-0.25, -0.2) is 4.98 Å². The Labute approximate surface area is 128 Å². The van der Waals surface area contributed by atoms with Crippen molar-refractivity contribution in [2.24, 2.45) is 5.41 Å². The monoisotopic (exact) mass is 300 g/mol. The molecule has 0 fully saturated rings. The number of nitriles is 1. The highest BCUT2D eigenvalue weighted by atomic mass is 32.1. The molecule has 1 heterocycles. The molecule has 0 aliphatic rings. The van der Waals surface area contributed by atoms with E-state index in [-0.39, 0.29) is 12.6 Å². The minimum absolute atomic E-state index is 0.192. The SMILES string of the molecule is CC(C)(C)C(=O)OCc1nc(-c2ccc(C#N)cc2)cs1. The Hall–Kier alpha value is -2.19. The molecule has 0 unspecified atom stereocenters. The summed E-state index contributed by atoms with van der Waals surface area (Å²) in [4.78, 5) is 16.2. The van der Waals surface area contributed by atoms with Gasteiger partial charge in [0.1, 0.15) is 11.6 Å². The predicted octanol–water partition coefficient (Wildman–Crippen LogP) is 3.77. The summed E-state index contributed by atoms with van der Waals surface area (Å²) in [5, 5.41) is 11.5. The van der Waals surface area contributed by atoms with Gasteiger partial charge in [-0.2, -0.15) is 5.26 Å². The first-order valence-corrected chi connectivity index (χ1v) is 7.40. The molecule has 2 aromatic rings. The molecule has 108 valence electrons. The van der Waals surface area contributed by atoms with Crippen LogP contribution in [0.1, 0.15) is 31.3 Å². The number of hydrogen-bond acceptors (Lipinski definition) is 5. The first kappa shape index (κ1) is 15.2. The van der Waals surface area contributed by atoms with Crippen LogP contribution < -0.4 is 0 Å². The van der Waals surface area contributed by atoms with Crippen molar-refractivity contribution in [2.45, 2.75) is 27.4 Å². The first-order valence-electron chi connectivity index (χ1n) is 6.52. The summed E-state index contributed by atoms with van der Waals surface area (Å²) < 4.78 is 5.24. The van der Waals surface area contributed by atoms with Gasteiger partial charge >= 0.3 is 5.97 Å². The average Bonchev–Trinajstić information content (AvgIpc) is 2.92. The zero-order chi connectivity index (χ0) is 15.5. The highest BCUT2D eigenvalue weighted by Crippen LogP contribution is 2.23. The van der Waals surface area contributed by atoms with E-state index in [0.29, 0.717) is 5.56 Å². The Bertz CT molecular complexity index is 676. The largest absolute Gasteiger partial charge is 0.458 e. The van der Waals surface area contributed by atoms with Crippen molar-refractivity contribution in [2.75, 3.05) is 0 Å². The Morgan fingerprint density at radius 1 is 1.33 bits per heavy atom. The maximum Gasteiger partial charge on any atom is 0.311 e. The van der Waals surface area contributed by atoms with Crippen molar-refractivity contribution in [3.8, 4) is 17.3 Å². The van der Waals surface area contributed by atoms with Gasteiger partial charge in [-0.3, -0.25) is 4.79 Å². The predicted molar refractivity (Wildman–Crippen MR) is 81.5 cm³/mol. The van der Waals surface area contributed by atoms with E-state index in [2.05, 4.69) is 11.1 Å². The minimum atomic E-state index is -0.507. The van der Waals surface area contributed by atoms with Crippen molar-refractivity contribution >= 4 is 17.3 Å². The van der Waals surface area contributed by atoms with Crippen molar-refractivity contribution in [3.05, 3.63) is 40.2 Å². The first-order chi connectivity index (χ1) is 9.90. The zero-order valence-corrected chi connectivity index (χ0v) is 13.0. The number of carbonyl (C=O) groups excluding carboxylic acids is 1. The third kappa shape index (κ3) is 3.89. The third-order valence-corrected chi connectivity index (χ3v) is 3.62. The van der Waals surface area contributed by atoms with E-state index >= 15 is 0 Å². The summed E-state index contributed by atoms with van der Waals surface area (Å²) in [5.41, 5.74) is 1.88. The second-order valence-corrected chi connectivity index (χ2v) is 6.58. The summed E-state index contributed by atoms with van der Waals surface area (Å²) in [7, 11) is 0. The topological polar surface area (TPSA) is 63.0 Å².